The maximum Gasteiger partial charge on any atom is 0.232 e. The Hall–Kier alpha value is -0.990. The number of sulfonamides is 1. The highest BCUT2D eigenvalue weighted by Gasteiger charge is 2.26. The van der Waals surface area contributed by atoms with E-state index in [-0.39, 0.29) is 11.2 Å². The van der Waals surface area contributed by atoms with Crippen LogP contribution in [0.2, 0.25) is 0 Å². The Balaban J connectivity index is 1.95. The molecule has 8 heteroatoms. The Morgan fingerprint density at radius 3 is 2.52 bits per heavy atom. The molecule has 0 atom stereocenters. The van der Waals surface area contributed by atoms with Gasteiger partial charge in [-0.3, -0.25) is 4.90 Å². The molecule has 0 unspecified atom stereocenters. The number of hydrogen-bond donors (Lipinski definition) is 0. The van der Waals surface area contributed by atoms with E-state index in [0.29, 0.717) is 44.3 Å². The van der Waals surface area contributed by atoms with Crippen molar-refractivity contribution < 1.29 is 12.9 Å². The molecule has 1 aromatic heterocycles. The number of nitrogens with zero attached hydrogens (tertiary/aromatic N) is 4. The van der Waals surface area contributed by atoms with E-state index in [0.717, 1.165) is 13.0 Å². The van der Waals surface area contributed by atoms with Gasteiger partial charge in [-0.05, 0) is 19.4 Å². The SMILES string of the molecule is CCCS(=O)(=O)N1CCCN(Cc2noc(C(C)(C)C)n2)CC1. The van der Waals surface area contributed by atoms with E-state index in [1.165, 1.54) is 0 Å². The summed E-state index contributed by atoms with van der Waals surface area (Å²) < 4.78 is 31.3. The summed E-state index contributed by atoms with van der Waals surface area (Å²) in [6.45, 7) is 11.3. The van der Waals surface area contributed by atoms with Crippen LogP contribution in [0.5, 0.6) is 0 Å². The molecular weight excluding hydrogens is 316 g/mol. The first kappa shape index (κ1) is 18.4. The highest BCUT2D eigenvalue weighted by molar-refractivity contribution is 7.89. The van der Waals surface area contributed by atoms with Gasteiger partial charge in [-0.15, -0.1) is 0 Å². The number of aromatic nitrogens is 2. The van der Waals surface area contributed by atoms with E-state index < -0.39 is 10.0 Å². The van der Waals surface area contributed by atoms with Crippen LogP contribution in [0.25, 0.3) is 0 Å². The largest absolute Gasteiger partial charge is 0.339 e. The fraction of sp³-hybridized carbons (Fsp3) is 0.867. The highest BCUT2D eigenvalue weighted by atomic mass is 32.2. The molecule has 1 aliphatic heterocycles. The van der Waals surface area contributed by atoms with Gasteiger partial charge in [0.05, 0.1) is 12.3 Å². The average Bonchev–Trinajstić information content (AvgIpc) is 2.77. The molecule has 0 amide bonds. The van der Waals surface area contributed by atoms with Crippen LogP contribution >= 0.6 is 0 Å². The summed E-state index contributed by atoms with van der Waals surface area (Å²) in [7, 11) is -3.11. The van der Waals surface area contributed by atoms with Crippen LogP contribution < -0.4 is 0 Å². The van der Waals surface area contributed by atoms with Crippen molar-refractivity contribution >= 4 is 10.0 Å². The quantitative estimate of drug-likeness (QED) is 0.807. The van der Waals surface area contributed by atoms with Crippen LogP contribution in [-0.2, 0) is 22.0 Å². The first-order valence-corrected chi connectivity index (χ1v) is 9.86. The Kier molecular flexibility index (Phi) is 5.80. The summed E-state index contributed by atoms with van der Waals surface area (Å²) in [6.07, 6.45) is 1.48. The predicted molar refractivity (Wildman–Crippen MR) is 88.5 cm³/mol. The fourth-order valence-electron chi connectivity index (χ4n) is 2.59. The third kappa shape index (κ3) is 4.99. The van der Waals surface area contributed by atoms with Crippen molar-refractivity contribution in [2.75, 3.05) is 31.9 Å². The molecule has 2 heterocycles. The fourth-order valence-corrected chi connectivity index (χ4v) is 4.13. The van der Waals surface area contributed by atoms with Crippen LogP contribution in [0.15, 0.2) is 4.52 Å². The summed E-state index contributed by atoms with van der Waals surface area (Å²) in [5.74, 6) is 1.53. The molecule has 132 valence electrons. The molecule has 0 bridgehead atoms. The molecule has 1 aliphatic rings. The number of hydrogen-bond acceptors (Lipinski definition) is 6. The van der Waals surface area contributed by atoms with Crippen LogP contribution in [-0.4, -0.2) is 59.7 Å². The lowest BCUT2D eigenvalue weighted by molar-refractivity contribution is 0.264. The second-order valence-electron chi connectivity index (χ2n) is 7.11. The maximum absolute atomic E-state index is 12.2. The van der Waals surface area contributed by atoms with Gasteiger partial charge >= 0.3 is 0 Å². The summed E-state index contributed by atoms with van der Waals surface area (Å²) in [5.41, 5.74) is -0.158. The van der Waals surface area contributed by atoms with Crippen LogP contribution in [0, 0.1) is 0 Å². The molecule has 0 saturated carbocycles. The third-order valence-corrected chi connectivity index (χ3v) is 5.95. The molecule has 1 fully saturated rings. The van der Waals surface area contributed by atoms with E-state index in [1.54, 1.807) is 4.31 Å². The third-order valence-electron chi connectivity index (χ3n) is 3.88. The average molecular weight is 344 g/mol. The first-order valence-electron chi connectivity index (χ1n) is 8.25. The lowest BCUT2D eigenvalue weighted by Crippen LogP contribution is -2.36. The first-order chi connectivity index (χ1) is 10.7. The van der Waals surface area contributed by atoms with Gasteiger partial charge in [0.2, 0.25) is 15.9 Å². The van der Waals surface area contributed by atoms with Gasteiger partial charge in [-0.2, -0.15) is 4.98 Å². The maximum atomic E-state index is 12.2. The number of rotatable bonds is 5. The predicted octanol–water partition coefficient (Wildman–Crippen LogP) is 1.61. The van der Waals surface area contributed by atoms with Gasteiger partial charge in [0.15, 0.2) is 5.82 Å². The van der Waals surface area contributed by atoms with Gasteiger partial charge in [0.25, 0.3) is 0 Å². The van der Waals surface area contributed by atoms with E-state index in [9.17, 15) is 8.42 Å². The Morgan fingerprint density at radius 2 is 1.91 bits per heavy atom. The minimum absolute atomic E-state index is 0.158. The molecule has 1 saturated heterocycles. The molecular formula is C15H28N4O3S. The van der Waals surface area contributed by atoms with Crippen molar-refractivity contribution in [2.24, 2.45) is 0 Å². The van der Waals surface area contributed by atoms with Crippen molar-refractivity contribution in [3.63, 3.8) is 0 Å². The van der Waals surface area contributed by atoms with Crippen molar-refractivity contribution in [1.29, 1.82) is 0 Å². The van der Waals surface area contributed by atoms with Gasteiger partial charge in [0, 0.05) is 25.0 Å². The molecule has 2 rings (SSSR count). The minimum Gasteiger partial charge on any atom is -0.339 e. The summed E-state index contributed by atoms with van der Waals surface area (Å²) >= 11 is 0. The zero-order valence-corrected chi connectivity index (χ0v) is 15.4. The highest BCUT2D eigenvalue weighted by Crippen LogP contribution is 2.20. The topological polar surface area (TPSA) is 79.5 Å². The minimum atomic E-state index is -3.11. The van der Waals surface area contributed by atoms with Crippen LogP contribution in [0.1, 0.15) is 52.3 Å². The molecule has 0 spiro atoms. The summed E-state index contributed by atoms with van der Waals surface area (Å²) in [5, 5.41) is 4.04. The van der Waals surface area contributed by atoms with Gasteiger partial charge in [-0.1, -0.05) is 32.9 Å². The zero-order chi connectivity index (χ0) is 17.1. The summed E-state index contributed by atoms with van der Waals surface area (Å²) in [6, 6.07) is 0. The monoisotopic (exact) mass is 344 g/mol. The van der Waals surface area contributed by atoms with Crippen molar-refractivity contribution in [3.05, 3.63) is 11.7 Å². The lowest BCUT2D eigenvalue weighted by Gasteiger charge is -2.20. The molecule has 23 heavy (non-hydrogen) atoms. The van der Waals surface area contributed by atoms with Crippen molar-refractivity contribution in [2.45, 2.75) is 52.5 Å². The molecule has 7 nitrogen and oxygen atoms in total. The van der Waals surface area contributed by atoms with E-state index in [2.05, 4.69) is 15.0 Å². The van der Waals surface area contributed by atoms with E-state index >= 15 is 0 Å². The smallest absolute Gasteiger partial charge is 0.232 e. The lowest BCUT2D eigenvalue weighted by atomic mass is 9.97. The Labute approximate surface area is 139 Å². The van der Waals surface area contributed by atoms with Crippen LogP contribution in [0.4, 0.5) is 0 Å². The molecule has 0 N–H and O–H groups in total. The second kappa shape index (κ2) is 7.27. The Morgan fingerprint density at radius 1 is 1.17 bits per heavy atom. The van der Waals surface area contributed by atoms with Gasteiger partial charge in [-0.25, -0.2) is 12.7 Å². The molecule has 0 aliphatic carbocycles. The normalized spacial score (nSPS) is 19.0. The van der Waals surface area contributed by atoms with Crippen molar-refractivity contribution in [1.82, 2.24) is 19.3 Å². The van der Waals surface area contributed by atoms with Crippen molar-refractivity contribution in [3.8, 4) is 0 Å². The summed E-state index contributed by atoms with van der Waals surface area (Å²) in [4.78, 5) is 6.65. The standard InChI is InChI=1S/C15H28N4O3S/c1-5-11-23(20,21)19-8-6-7-18(9-10-19)12-13-16-14(22-17-13)15(2,3)4/h5-12H2,1-4H3. The molecule has 1 aromatic rings. The molecule has 0 radical (unpaired) electrons. The van der Waals surface area contributed by atoms with E-state index in [4.69, 9.17) is 4.52 Å². The Bertz CT molecular complexity index is 606. The second-order valence-corrected chi connectivity index (χ2v) is 9.20. The van der Waals surface area contributed by atoms with Crippen LogP contribution in [0.3, 0.4) is 0 Å². The molecule has 0 aromatic carbocycles. The van der Waals surface area contributed by atoms with E-state index in [1.807, 2.05) is 27.7 Å². The van der Waals surface area contributed by atoms with Gasteiger partial charge < -0.3 is 4.52 Å². The zero-order valence-electron chi connectivity index (χ0n) is 14.6. The van der Waals surface area contributed by atoms with Gasteiger partial charge in [0.1, 0.15) is 0 Å².